The monoisotopic (exact) mass is 366 g/mol. The Morgan fingerprint density at radius 2 is 1.88 bits per heavy atom. The summed E-state index contributed by atoms with van der Waals surface area (Å²) in [7, 11) is 0. The third-order valence-electron chi connectivity index (χ3n) is 5.62. The molecule has 3 nitrogen and oxygen atoms in total. The van der Waals surface area contributed by atoms with Crippen molar-refractivity contribution in [2.45, 2.75) is 56.8 Å². The molecular formula is C22H26N2OS. The molecule has 2 bridgehead atoms. The van der Waals surface area contributed by atoms with E-state index in [0.717, 1.165) is 24.9 Å². The average Bonchev–Trinajstić information content (AvgIpc) is 3.15. The zero-order valence-electron chi connectivity index (χ0n) is 15.0. The first kappa shape index (κ1) is 17.5. The van der Waals surface area contributed by atoms with Crippen molar-refractivity contribution in [2.24, 2.45) is 0 Å². The normalized spacial score (nSPS) is 26.1. The number of nitrogens with zero attached hydrogens (tertiary/aromatic N) is 1. The number of hydrogen-bond donors (Lipinski definition) is 1. The van der Waals surface area contributed by atoms with Crippen LogP contribution in [0.15, 0.2) is 53.9 Å². The molecule has 1 aromatic carbocycles. The van der Waals surface area contributed by atoms with Gasteiger partial charge in [-0.15, -0.1) is 11.3 Å². The molecule has 4 heteroatoms. The van der Waals surface area contributed by atoms with Gasteiger partial charge >= 0.3 is 0 Å². The fourth-order valence-electron chi connectivity index (χ4n) is 4.42. The molecule has 4 rings (SSSR count). The van der Waals surface area contributed by atoms with Crippen LogP contribution in [0.5, 0.6) is 0 Å². The van der Waals surface area contributed by atoms with E-state index >= 15 is 0 Å². The van der Waals surface area contributed by atoms with Gasteiger partial charge in [0.2, 0.25) is 5.91 Å². The van der Waals surface area contributed by atoms with Crippen LogP contribution in [-0.4, -0.2) is 28.9 Å². The Kier molecular flexibility index (Phi) is 5.51. The molecule has 0 spiro atoms. The second-order valence-corrected chi connectivity index (χ2v) is 8.44. The lowest BCUT2D eigenvalue weighted by atomic mass is 9.81. The molecule has 2 atom stereocenters. The van der Waals surface area contributed by atoms with Gasteiger partial charge in [-0.2, -0.15) is 0 Å². The largest absolute Gasteiger partial charge is 0.350 e. The van der Waals surface area contributed by atoms with Crippen molar-refractivity contribution >= 4 is 23.3 Å². The highest BCUT2D eigenvalue weighted by Gasteiger charge is 2.38. The van der Waals surface area contributed by atoms with Crippen LogP contribution < -0.4 is 5.32 Å². The minimum absolute atomic E-state index is 0.0311. The lowest BCUT2D eigenvalue weighted by Gasteiger charge is -2.48. The van der Waals surface area contributed by atoms with E-state index in [0.29, 0.717) is 18.1 Å². The smallest absolute Gasteiger partial charge is 0.244 e. The van der Waals surface area contributed by atoms with Gasteiger partial charge in [-0.1, -0.05) is 42.8 Å². The fourth-order valence-corrected chi connectivity index (χ4v) is 5.14. The van der Waals surface area contributed by atoms with E-state index in [2.05, 4.69) is 27.7 Å². The van der Waals surface area contributed by atoms with Gasteiger partial charge in [-0.3, -0.25) is 9.69 Å². The molecule has 1 N–H and O–H groups in total. The maximum atomic E-state index is 12.3. The van der Waals surface area contributed by atoms with E-state index in [1.54, 1.807) is 6.08 Å². The lowest BCUT2D eigenvalue weighted by molar-refractivity contribution is -0.118. The third-order valence-corrected chi connectivity index (χ3v) is 6.48. The number of carbonyl (C=O) groups is 1. The van der Waals surface area contributed by atoms with Crippen LogP contribution >= 0.6 is 11.3 Å². The number of nitrogens with one attached hydrogen (secondary N) is 1. The first-order chi connectivity index (χ1) is 12.8. The Labute approximate surface area is 159 Å². The number of fused-ring (bicyclic) bond motifs is 2. The lowest BCUT2D eigenvalue weighted by Crippen LogP contribution is -2.56. The van der Waals surface area contributed by atoms with Gasteiger partial charge in [0, 0.05) is 35.6 Å². The highest BCUT2D eigenvalue weighted by Crippen LogP contribution is 2.35. The van der Waals surface area contributed by atoms with Crippen LogP contribution in [0.25, 0.3) is 6.08 Å². The summed E-state index contributed by atoms with van der Waals surface area (Å²) in [6.45, 7) is 1.07. The summed E-state index contributed by atoms with van der Waals surface area (Å²) in [6, 6.07) is 15.9. The summed E-state index contributed by atoms with van der Waals surface area (Å²) >= 11 is 1.85. The molecule has 1 aromatic heterocycles. The minimum atomic E-state index is 0.0311. The molecule has 3 heterocycles. The van der Waals surface area contributed by atoms with E-state index in [-0.39, 0.29) is 5.91 Å². The number of hydrogen-bond acceptors (Lipinski definition) is 3. The van der Waals surface area contributed by atoms with Gasteiger partial charge in [0.1, 0.15) is 0 Å². The standard InChI is InChI=1S/C22H26N2OS/c25-22(12-11-17-6-2-1-3-7-17)23-18-14-19-8-4-9-20(15-18)24(19)16-21-10-5-13-26-21/h1-3,5-7,10-13,18-20H,4,8-9,14-16H2,(H,23,25). The third kappa shape index (κ3) is 4.25. The van der Waals surface area contributed by atoms with Gasteiger partial charge in [0.25, 0.3) is 0 Å². The molecule has 2 unspecified atom stereocenters. The number of thiophene rings is 1. The summed E-state index contributed by atoms with van der Waals surface area (Å²) in [6.07, 6.45) is 9.55. The van der Waals surface area contributed by atoms with Crippen LogP contribution in [0, 0.1) is 0 Å². The van der Waals surface area contributed by atoms with E-state index in [4.69, 9.17) is 0 Å². The molecule has 0 saturated carbocycles. The summed E-state index contributed by atoms with van der Waals surface area (Å²) in [5.74, 6) is 0.0311. The molecular weight excluding hydrogens is 340 g/mol. The van der Waals surface area contributed by atoms with Gasteiger partial charge < -0.3 is 5.32 Å². The number of rotatable bonds is 5. The Morgan fingerprint density at radius 3 is 2.58 bits per heavy atom. The van der Waals surface area contributed by atoms with E-state index in [9.17, 15) is 4.79 Å². The van der Waals surface area contributed by atoms with E-state index in [1.807, 2.05) is 47.7 Å². The second-order valence-electron chi connectivity index (χ2n) is 7.41. The Hall–Kier alpha value is -1.91. The number of carbonyl (C=O) groups excluding carboxylic acids is 1. The molecule has 2 aliphatic rings. The maximum Gasteiger partial charge on any atom is 0.244 e. The molecule has 2 aliphatic heterocycles. The molecule has 26 heavy (non-hydrogen) atoms. The SMILES string of the molecule is O=C(C=Cc1ccccc1)NC1CC2CCCC(C1)N2Cc1cccs1. The molecule has 0 aliphatic carbocycles. The zero-order valence-corrected chi connectivity index (χ0v) is 15.8. The predicted octanol–water partition coefficient (Wildman–Crippen LogP) is 4.46. The Bertz CT molecular complexity index is 727. The predicted molar refractivity (Wildman–Crippen MR) is 108 cm³/mol. The fraction of sp³-hybridized carbons (Fsp3) is 0.409. The molecule has 2 aromatic rings. The minimum Gasteiger partial charge on any atom is -0.350 e. The highest BCUT2D eigenvalue weighted by atomic mass is 32.1. The second kappa shape index (κ2) is 8.19. The van der Waals surface area contributed by atoms with E-state index in [1.165, 1.54) is 24.1 Å². The highest BCUT2D eigenvalue weighted by molar-refractivity contribution is 7.09. The summed E-state index contributed by atoms with van der Waals surface area (Å²) in [5.41, 5.74) is 1.06. The van der Waals surface area contributed by atoms with Crippen molar-refractivity contribution in [3.8, 4) is 0 Å². The van der Waals surface area contributed by atoms with Crippen molar-refractivity contribution in [3.05, 3.63) is 64.4 Å². The summed E-state index contributed by atoms with van der Waals surface area (Å²) < 4.78 is 0. The van der Waals surface area contributed by atoms with E-state index < -0.39 is 0 Å². The molecule has 136 valence electrons. The van der Waals surface area contributed by atoms with Crippen molar-refractivity contribution < 1.29 is 4.79 Å². The van der Waals surface area contributed by atoms with Crippen LogP contribution in [0.4, 0.5) is 0 Å². The van der Waals surface area contributed by atoms with Gasteiger partial charge in [-0.05, 0) is 48.8 Å². The Balaban J connectivity index is 1.35. The zero-order chi connectivity index (χ0) is 17.8. The van der Waals surface area contributed by atoms with Crippen molar-refractivity contribution in [3.63, 3.8) is 0 Å². The molecule has 2 fully saturated rings. The number of piperidine rings is 2. The van der Waals surface area contributed by atoms with Crippen LogP contribution in [0.3, 0.4) is 0 Å². The molecule has 2 saturated heterocycles. The topological polar surface area (TPSA) is 32.3 Å². The van der Waals surface area contributed by atoms with Crippen LogP contribution in [0.1, 0.15) is 42.5 Å². The maximum absolute atomic E-state index is 12.3. The molecule has 0 radical (unpaired) electrons. The Morgan fingerprint density at radius 1 is 1.12 bits per heavy atom. The van der Waals surface area contributed by atoms with Crippen LogP contribution in [0.2, 0.25) is 0 Å². The van der Waals surface area contributed by atoms with Gasteiger partial charge in [0.15, 0.2) is 0 Å². The average molecular weight is 367 g/mol. The van der Waals surface area contributed by atoms with Crippen LogP contribution in [-0.2, 0) is 11.3 Å². The quantitative estimate of drug-likeness (QED) is 0.792. The number of benzene rings is 1. The number of amides is 1. The summed E-state index contributed by atoms with van der Waals surface area (Å²) in [5, 5.41) is 5.41. The van der Waals surface area contributed by atoms with Crippen molar-refractivity contribution in [1.29, 1.82) is 0 Å². The van der Waals surface area contributed by atoms with Crippen molar-refractivity contribution in [1.82, 2.24) is 10.2 Å². The first-order valence-corrected chi connectivity index (χ1v) is 10.5. The molecule has 1 amide bonds. The van der Waals surface area contributed by atoms with Crippen molar-refractivity contribution in [2.75, 3.05) is 0 Å². The van der Waals surface area contributed by atoms with Gasteiger partial charge in [-0.25, -0.2) is 0 Å². The summed E-state index contributed by atoms with van der Waals surface area (Å²) in [4.78, 5) is 16.5. The first-order valence-electron chi connectivity index (χ1n) is 9.60. The van der Waals surface area contributed by atoms with Gasteiger partial charge in [0.05, 0.1) is 0 Å².